The van der Waals surface area contributed by atoms with Gasteiger partial charge in [0.05, 0.1) is 11.2 Å². The average molecular weight is 469 g/mol. The van der Waals surface area contributed by atoms with E-state index in [0.29, 0.717) is 6.04 Å². The minimum Gasteiger partial charge on any atom is -0.492 e. The number of rotatable bonds is 6. The highest BCUT2D eigenvalue weighted by Crippen LogP contribution is 2.31. The number of nitrogens with one attached hydrogen (secondary N) is 1. The Labute approximate surface area is 205 Å². The number of H-pyrrole nitrogens is 1. The molecule has 0 unspecified atom stereocenters. The molecule has 2 aliphatic heterocycles. The van der Waals surface area contributed by atoms with Crippen LogP contribution in [0.1, 0.15) is 43.0 Å². The molecule has 1 aromatic heterocycles. The molecule has 0 saturated carbocycles. The number of aromatic amines is 1. The van der Waals surface area contributed by atoms with Gasteiger partial charge in [-0.25, -0.2) is 0 Å². The molecule has 0 radical (unpaired) electrons. The molecule has 2 saturated heterocycles. The summed E-state index contributed by atoms with van der Waals surface area (Å²) in [4.78, 5) is 17.4. The summed E-state index contributed by atoms with van der Waals surface area (Å²) >= 11 is 0. The second-order valence-electron chi connectivity index (χ2n) is 9.79. The molecule has 1 amide bonds. The van der Waals surface area contributed by atoms with Gasteiger partial charge in [0.2, 0.25) is 0 Å². The van der Waals surface area contributed by atoms with E-state index in [9.17, 15) is 4.79 Å². The Bertz CT molecular complexity index is 1370. The van der Waals surface area contributed by atoms with Crippen LogP contribution in [0.4, 0.5) is 0 Å². The zero-order valence-electron chi connectivity index (χ0n) is 20.3. The van der Waals surface area contributed by atoms with Crippen LogP contribution in [0.15, 0.2) is 54.6 Å². The predicted molar refractivity (Wildman–Crippen MR) is 140 cm³/mol. The van der Waals surface area contributed by atoms with E-state index in [2.05, 4.69) is 58.4 Å². The fourth-order valence-corrected chi connectivity index (χ4v) is 5.62. The first-order valence-corrected chi connectivity index (χ1v) is 12.9. The lowest BCUT2D eigenvalue weighted by molar-refractivity contribution is 0.0793. The molecule has 0 bridgehead atoms. The molecule has 1 N–H and O–H groups in total. The molecule has 3 heterocycles. The van der Waals surface area contributed by atoms with E-state index in [1.807, 2.05) is 23.1 Å². The van der Waals surface area contributed by atoms with E-state index in [0.717, 1.165) is 83.3 Å². The number of hydrogen-bond acceptors (Lipinski definition) is 4. The lowest BCUT2D eigenvalue weighted by Gasteiger charge is -2.22. The molecule has 6 nitrogen and oxygen atoms in total. The molecular weight excluding hydrogens is 436 g/mol. The summed E-state index contributed by atoms with van der Waals surface area (Å²) in [7, 11) is 0. The van der Waals surface area contributed by atoms with Gasteiger partial charge in [0.25, 0.3) is 5.91 Å². The summed E-state index contributed by atoms with van der Waals surface area (Å²) in [6, 6.07) is 19.1. The third kappa shape index (κ3) is 4.27. The molecule has 2 fully saturated rings. The minimum absolute atomic E-state index is 0.113. The maximum absolute atomic E-state index is 12.9. The Kier molecular flexibility index (Phi) is 5.90. The maximum Gasteiger partial charge on any atom is 0.253 e. The quantitative estimate of drug-likeness (QED) is 0.407. The number of ether oxygens (including phenoxy) is 1. The van der Waals surface area contributed by atoms with Crippen molar-refractivity contribution in [2.24, 2.45) is 0 Å². The zero-order valence-corrected chi connectivity index (χ0v) is 20.3. The molecule has 6 rings (SSSR count). The van der Waals surface area contributed by atoms with Crippen LogP contribution < -0.4 is 4.74 Å². The first-order chi connectivity index (χ1) is 17.2. The number of nitrogens with zero attached hydrogens (tertiary/aromatic N) is 3. The topological polar surface area (TPSA) is 61.5 Å². The van der Waals surface area contributed by atoms with Gasteiger partial charge in [0.15, 0.2) is 0 Å². The summed E-state index contributed by atoms with van der Waals surface area (Å²) in [5, 5.41) is 11.0. The van der Waals surface area contributed by atoms with Crippen molar-refractivity contribution in [3.8, 4) is 17.0 Å². The van der Waals surface area contributed by atoms with Gasteiger partial charge in [-0.1, -0.05) is 25.1 Å². The second-order valence-corrected chi connectivity index (χ2v) is 9.79. The molecule has 4 aromatic rings. The molecule has 3 aromatic carbocycles. The second kappa shape index (κ2) is 9.34. The standard InChI is InChI=1S/C29H32N4O2/c1-2-32-15-5-6-24(32)19-35-25-11-9-20-16-22(8-7-21(20)17-25)28-26-18-23(10-12-27(26)30-31-28)29(34)33-13-3-4-14-33/h7-12,16-18,24H,2-6,13-15,19H2,1H3,(H,30,31)/t24-/m1/s1. The number of likely N-dealkylation sites (N-methyl/N-ethyl adjacent to an activating group) is 1. The largest absolute Gasteiger partial charge is 0.492 e. The Morgan fingerprint density at radius 3 is 2.69 bits per heavy atom. The van der Waals surface area contributed by atoms with Crippen molar-refractivity contribution in [1.29, 1.82) is 0 Å². The highest BCUT2D eigenvalue weighted by Gasteiger charge is 2.23. The van der Waals surface area contributed by atoms with Gasteiger partial charge in [-0.3, -0.25) is 14.8 Å². The van der Waals surface area contributed by atoms with E-state index in [4.69, 9.17) is 4.74 Å². The van der Waals surface area contributed by atoms with Gasteiger partial charge in [0, 0.05) is 35.6 Å². The number of carbonyl (C=O) groups is 1. The molecule has 1 atom stereocenters. The number of aromatic nitrogens is 2. The number of likely N-dealkylation sites (tertiary alicyclic amines) is 2. The monoisotopic (exact) mass is 468 g/mol. The number of hydrogen-bond donors (Lipinski definition) is 1. The first kappa shape index (κ1) is 22.1. The fraction of sp³-hybridized carbons (Fsp3) is 0.379. The molecule has 0 aliphatic carbocycles. The van der Waals surface area contributed by atoms with Crippen molar-refractivity contribution in [2.75, 3.05) is 32.8 Å². The van der Waals surface area contributed by atoms with Gasteiger partial charge in [-0.15, -0.1) is 0 Å². The van der Waals surface area contributed by atoms with Crippen molar-refractivity contribution in [1.82, 2.24) is 20.0 Å². The lowest BCUT2D eigenvalue weighted by atomic mass is 10.0. The number of benzene rings is 3. The number of amides is 1. The van der Waals surface area contributed by atoms with Crippen molar-refractivity contribution in [3.05, 3.63) is 60.2 Å². The third-order valence-electron chi connectivity index (χ3n) is 7.64. The lowest BCUT2D eigenvalue weighted by Crippen LogP contribution is -2.33. The predicted octanol–water partition coefficient (Wildman–Crippen LogP) is 5.48. The summed E-state index contributed by atoms with van der Waals surface area (Å²) in [6.45, 7) is 6.94. The smallest absolute Gasteiger partial charge is 0.253 e. The van der Waals surface area contributed by atoms with Crippen LogP contribution in [-0.2, 0) is 0 Å². The third-order valence-corrected chi connectivity index (χ3v) is 7.64. The maximum atomic E-state index is 12.9. The van der Waals surface area contributed by atoms with Crippen LogP contribution in [0.2, 0.25) is 0 Å². The van der Waals surface area contributed by atoms with E-state index >= 15 is 0 Å². The van der Waals surface area contributed by atoms with Crippen LogP contribution in [0.5, 0.6) is 5.75 Å². The van der Waals surface area contributed by atoms with Crippen LogP contribution >= 0.6 is 0 Å². The van der Waals surface area contributed by atoms with Crippen molar-refractivity contribution in [3.63, 3.8) is 0 Å². The van der Waals surface area contributed by atoms with E-state index < -0.39 is 0 Å². The molecule has 35 heavy (non-hydrogen) atoms. The minimum atomic E-state index is 0.113. The summed E-state index contributed by atoms with van der Waals surface area (Å²) < 4.78 is 6.17. The van der Waals surface area contributed by atoms with Crippen LogP contribution in [0, 0.1) is 0 Å². The van der Waals surface area contributed by atoms with Crippen molar-refractivity contribution in [2.45, 2.75) is 38.6 Å². The van der Waals surface area contributed by atoms with Crippen LogP contribution in [0.25, 0.3) is 32.9 Å². The Morgan fingerprint density at radius 2 is 1.83 bits per heavy atom. The van der Waals surface area contributed by atoms with Gasteiger partial charge >= 0.3 is 0 Å². The number of carbonyl (C=O) groups excluding carboxylic acids is 1. The highest BCUT2D eigenvalue weighted by molar-refractivity contribution is 6.02. The highest BCUT2D eigenvalue weighted by atomic mass is 16.5. The molecule has 0 spiro atoms. The zero-order chi connectivity index (χ0) is 23.8. The normalized spacial score (nSPS) is 18.7. The van der Waals surface area contributed by atoms with Crippen LogP contribution in [0.3, 0.4) is 0 Å². The van der Waals surface area contributed by atoms with E-state index in [-0.39, 0.29) is 5.91 Å². The summed E-state index contributed by atoms with van der Waals surface area (Å²) in [5.74, 6) is 1.03. The fourth-order valence-electron chi connectivity index (χ4n) is 5.62. The summed E-state index contributed by atoms with van der Waals surface area (Å²) in [6.07, 6.45) is 4.66. The molecule has 6 heteroatoms. The van der Waals surface area contributed by atoms with E-state index in [1.54, 1.807) is 0 Å². The van der Waals surface area contributed by atoms with Gasteiger partial charge in [-0.2, -0.15) is 5.10 Å². The summed E-state index contributed by atoms with van der Waals surface area (Å²) in [5.41, 5.74) is 3.58. The Balaban J connectivity index is 1.25. The van der Waals surface area contributed by atoms with Crippen LogP contribution in [-0.4, -0.2) is 64.7 Å². The Morgan fingerprint density at radius 1 is 1.00 bits per heavy atom. The Hall–Kier alpha value is -3.38. The van der Waals surface area contributed by atoms with Crippen molar-refractivity contribution < 1.29 is 9.53 Å². The molecule has 180 valence electrons. The SMILES string of the molecule is CCN1CCC[C@@H]1COc1ccc2cc(-c3n[nH]c4ccc(C(=O)N5CCCC5)cc34)ccc2c1. The number of fused-ring (bicyclic) bond motifs is 2. The average Bonchev–Trinajstić information content (AvgIpc) is 3.67. The molecular formula is C29H32N4O2. The van der Waals surface area contributed by atoms with Gasteiger partial charge < -0.3 is 9.64 Å². The van der Waals surface area contributed by atoms with Gasteiger partial charge in [-0.05, 0) is 85.9 Å². The van der Waals surface area contributed by atoms with Gasteiger partial charge in [0.1, 0.15) is 12.4 Å². The first-order valence-electron chi connectivity index (χ1n) is 12.9. The van der Waals surface area contributed by atoms with Crippen molar-refractivity contribution >= 4 is 27.6 Å². The molecule has 2 aliphatic rings. The van der Waals surface area contributed by atoms with E-state index in [1.165, 1.54) is 19.4 Å².